The van der Waals surface area contributed by atoms with Gasteiger partial charge in [-0.05, 0) is 25.2 Å². The summed E-state index contributed by atoms with van der Waals surface area (Å²) in [7, 11) is 0. The second-order valence-electron chi connectivity index (χ2n) is 4.27. The van der Waals surface area contributed by atoms with Crippen LogP contribution in [0.3, 0.4) is 0 Å². The summed E-state index contributed by atoms with van der Waals surface area (Å²) in [5.41, 5.74) is -1.56. The molecule has 0 spiro atoms. The molecule has 1 fully saturated rings. The third-order valence-corrected chi connectivity index (χ3v) is 3.62. The molecule has 0 aromatic carbocycles. The van der Waals surface area contributed by atoms with Crippen molar-refractivity contribution in [3.8, 4) is 0 Å². The van der Waals surface area contributed by atoms with E-state index in [2.05, 4.69) is 0 Å². The van der Waals surface area contributed by atoms with Crippen molar-refractivity contribution in [1.82, 2.24) is 0 Å². The molecule has 1 aliphatic rings. The topological polar surface area (TPSA) is 74.6 Å². The Morgan fingerprint density at radius 3 is 1.93 bits per heavy atom. The van der Waals surface area contributed by atoms with E-state index in [1.54, 1.807) is 6.92 Å². The van der Waals surface area contributed by atoms with Crippen molar-refractivity contribution >= 4 is 11.9 Å². The van der Waals surface area contributed by atoms with Crippen LogP contribution >= 0.6 is 0 Å². The molecule has 1 saturated carbocycles. The summed E-state index contributed by atoms with van der Waals surface area (Å²) < 4.78 is 0. The molecule has 4 heteroatoms. The highest BCUT2D eigenvalue weighted by molar-refractivity contribution is 5.98. The zero-order chi connectivity index (χ0) is 11.5. The SMILES string of the molecule is CCC(C(=O)O)(C(=O)O)C1CCCCC1. The lowest BCUT2D eigenvalue weighted by Gasteiger charge is -2.35. The largest absolute Gasteiger partial charge is 0.480 e. The second-order valence-corrected chi connectivity index (χ2v) is 4.27. The molecule has 1 rings (SSSR count). The number of hydrogen-bond acceptors (Lipinski definition) is 2. The Morgan fingerprint density at radius 1 is 1.13 bits per heavy atom. The number of carboxylic acid groups (broad SMARTS) is 2. The van der Waals surface area contributed by atoms with Crippen LogP contribution < -0.4 is 0 Å². The van der Waals surface area contributed by atoms with Gasteiger partial charge in [0.2, 0.25) is 0 Å². The average molecular weight is 214 g/mol. The molecular weight excluding hydrogens is 196 g/mol. The quantitative estimate of drug-likeness (QED) is 0.703. The summed E-state index contributed by atoms with van der Waals surface area (Å²) in [4.78, 5) is 22.4. The highest BCUT2D eigenvalue weighted by Crippen LogP contribution is 2.41. The first-order valence-electron chi connectivity index (χ1n) is 5.52. The number of carboxylic acids is 2. The van der Waals surface area contributed by atoms with E-state index < -0.39 is 17.4 Å². The first-order chi connectivity index (χ1) is 7.05. The van der Waals surface area contributed by atoms with Crippen LogP contribution in [0.2, 0.25) is 0 Å². The predicted octanol–water partition coefficient (Wildman–Crippen LogP) is 2.13. The van der Waals surface area contributed by atoms with Crippen LogP contribution in [0.4, 0.5) is 0 Å². The summed E-state index contributed by atoms with van der Waals surface area (Å²) in [5.74, 6) is -2.56. The van der Waals surface area contributed by atoms with Gasteiger partial charge in [-0.3, -0.25) is 9.59 Å². The van der Waals surface area contributed by atoms with Gasteiger partial charge in [-0.1, -0.05) is 26.2 Å². The molecule has 15 heavy (non-hydrogen) atoms. The summed E-state index contributed by atoms with van der Waals surface area (Å²) in [5, 5.41) is 18.3. The molecule has 0 aromatic rings. The molecule has 0 saturated heterocycles. The van der Waals surface area contributed by atoms with Crippen molar-refractivity contribution < 1.29 is 19.8 Å². The maximum absolute atomic E-state index is 11.2. The first-order valence-corrected chi connectivity index (χ1v) is 5.52. The predicted molar refractivity (Wildman–Crippen MR) is 54.6 cm³/mol. The molecule has 0 aliphatic heterocycles. The Balaban J connectivity index is 2.96. The van der Waals surface area contributed by atoms with Gasteiger partial charge >= 0.3 is 11.9 Å². The molecule has 0 unspecified atom stereocenters. The van der Waals surface area contributed by atoms with E-state index in [9.17, 15) is 9.59 Å². The van der Waals surface area contributed by atoms with Gasteiger partial charge in [0.05, 0.1) is 0 Å². The summed E-state index contributed by atoms with van der Waals surface area (Å²) >= 11 is 0. The van der Waals surface area contributed by atoms with Gasteiger partial charge < -0.3 is 10.2 Å². The van der Waals surface area contributed by atoms with E-state index in [1.807, 2.05) is 0 Å². The molecule has 86 valence electrons. The maximum atomic E-state index is 11.2. The number of aliphatic carboxylic acids is 2. The Labute approximate surface area is 89.3 Å². The van der Waals surface area contributed by atoms with E-state index in [0.29, 0.717) is 0 Å². The zero-order valence-corrected chi connectivity index (χ0v) is 9.03. The summed E-state index contributed by atoms with van der Waals surface area (Å²) in [6.07, 6.45) is 4.62. The Kier molecular flexibility index (Phi) is 3.72. The van der Waals surface area contributed by atoms with Gasteiger partial charge in [-0.2, -0.15) is 0 Å². The van der Waals surface area contributed by atoms with Crippen LogP contribution in [0, 0.1) is 11.3 Å². The van der Waals surface area contributed by atoms with Gasteiger partial charge in [0.15, 0.2) is 5.41 Å². The van der Waals surface area contributed by atoms with Gasteiger partial charge in [-0.15, -0.1) is 0 Å². The number of hydrogen-bond donors (Lipinski definition) is 2. The molecule has 0 aromatic heterocycles. The number of rotatable bonds is 4. The molecule has 0 heterocycles. The Morgan fingerprint density at radius 2 is 1.60 bits per heavy atom. The van der Waals surface area contributed by atoms with Crippen molar-refractivity contribution in [1.29, 1.82) is 0 Å². The molecule has 0 bridgehead atoms. The van der Waals surface area contributed by atoms with E-state index in [4.69, 9.17) is 10.2 Å². The van der Waals surface area contributed by atoms with Gasteiger partial charge in [0, 0.05) is 0 Å². The summed E-state index contributed by atoms with van der Waals surface area (Å²) in [6.45, 7) is 1.65. The lowest BCUT2D eigenvalue weighted by atomic mass is 9.67. The minimum atomic E-state index is -1.56. The third kappa shape index (κ3) is 1.98. The van der Waals surface area contributed by atoms with Gasteiger partial charge in [0.25, 0.3) is 0 Å². The highest BCUT2D eigenvalue weighted by Gasteiger charge is 2.51. The van der Waals surface area contributed by atoms with Crippen LogP contribution in [0.5, 0.6) is 0 Å². The van der Waals surface area contributed by atoms with Crippen molar-refractivity contribution in [3.63, 3.8) is 0 Å². The maximum Gasteiger partial charge on any atom is 0.321 e. The zero-order valence-electron chi connectivity index (χ0n) is 9.03. The Hall–Kier alpha value is -1.06. The average Bonchev–Trinajstić information content (AvgIpc) is 2.20. The van der Waals surface area contributed by atoms with Crippen LogP contribution in [0.1, 0.15) is 45.4 Å². The van der Waals surface area contributed by atoms with E-state index in [0.717, 1.165) is 32.1 Å². The van der Waals surface area contributed by atoms with Crippen LogP contribution in [0.25, 0.3) is 0 Å². The molecule has 4 nitrogen and oxygen atoms in total. The minimum Gasteiger partial charge on any atom is -0.480 e. The third-order valence-electron chi connectivity index (χ3n) is 3.62. The molecule has 0 amide bonds. The fourth-order valence-electron chi connectivity index (χ4n) is 2.63. The van der Waals surface area contributed by atoms with E-state index in [-0.39, 0.29) is 12.3 Å². The van der Waals surface area contributed by atoms with Crippen molar-refractivity contribution in [2.75, 3.05) is 0 Å². The van der Waals surface area contributed by atoms with Crippen LogP contribution in [0.15, 0.2) is 0 Å². The van der Waals surface area contributed by atoms with E-state index in [1.165, 1.54) is 0 Å². The molecule has 0 atom stereocenters. The lowest BCUT2D eigenvalue weighted by Crippen LogP contribution is -2.46. The highest BCUT2D eigenvalue weighted by atomic mass is 16.4. The van der Waals surface area contributed by atoms with Crippen molar-refractivity contribution in [3.05, 3.63) is 0 Å². The fourth-order valence-corrected chi connectivity index (χ4v) is 2.63. The van der Waals surface area contributed by atoms with Crippen LogP contribution in [-0.4, -0.2) is 22.2 Å². The monoisotopic (exact) mass is 214 g/mol. The minimum absolute atomic E-state index is 0.169. The van der Waals surface area contributed by atoms with Gasteiger partial charge in [0.1, 0.15) is 0 Å². The van der Waals surface area contributed by atoms with E-state index >= 15 is 0 Å². The second kappa shape index (κ2) is 4.64. The molecular formula is C11H18O4. The lowest BCUT2D eigenvalue weighted by molar-refractivity contribution is -0.170. The smallest absolute Gasteiger partial charge is 0.321 e. The molecule has 1 aliphatic carbocycles. The fraction of sp³-hybridized carbons (Fsp3) is 0.818. The van der Waals surface area contributed by atoms with Crippen molar-refractivity contribution in [2.45, 2.75) is 45.4 Å². The standard InChI is InChI=1S/C11H18O4/c1-2-11(9(12)13,10(14)15)8-6-4-3-5-7-8/h8H,2-7H2,1H3,(H,12,13)(H,14,15). The van der Waals surface area contributed by atoms with Crippen LogP contribution in [-0.2, 0) is 9.59 Å². The first kappa shape index (κ1) is 12.0. The van der Waals surface area contributed by atoms with Gasteiger partial charge in [-0.25, -0.2) is 0 Å². The normalized spacial score (nSPS) is 18.7. The molecule has 2 N–H and O–H groups in total. The Bertz CT molecular complexity index is 239. The molecule has 0 radical (unpaired) electrons. The summed E-state index contributed by atoms with van der Waals surface area (Å²) in [6, 6.07) is 0. The van der Waals surface area contributed by atoms with Crippen molar-refractivity contribution in [2.24, 2.45) is 11.3 Å². The number of carbonyl (C=O) groups is 2.